The Morgan fingerprint density at radius 1 is 1.11 bits per heavy atom. The molecule has 2 saturated heterocycles. The van der Waals surface area contributed by atoms with E-state index >= 15 is 0 Å². The number of alkyl carbamates (subject to hydrolysis) is 1. The van der Waals surface area contributed by atoms with Gasteiger partial charge < -0.3 is 25.0 Å². The van der Waals surface area contributed by atoms with Gasteiger partial charge in [-0.1, -0.05) is 27.2 Å². The molecular formula is C26H54F2N4O3. The van der Waals surface area contributed by atoms with Gasteiger partial charge in [0.05, 0.1) is 19.3 Å². The van der Waals surface area contributed by atoms with E-state index in [1.807, 2.05) is 13.8 Å². The number of piperidine rings is 1. The van der Waals surface area contributed by atoms with Crippen LogP contribution in [0.3, 0.4) is 0 Å². The van der Waals surface area contributed by atoms with Crippen LogP contribution in [0.4, 0.5) is 13.6 Å². The molecule has 2 heterocycles. The van der Waals surface area contributed by atoms with Crippen LogP contribution < -0.4 is 10.6 Å². The zero-order valence-electron chi connectivity index (χ0n) is 23.7. The molecule has 0 bridgehead atoms. The molecule has 210 valence electrons. The van der Waals surface area contributed by atoms with Crippen molar-refractivity contribution < 1.29 is 23.0 Å². The van der Waals surface area contributed by atoms with E-state index in [1.54, 1.807) is 13.8 Å². The zero-order valence-corrected chi connectivity index (χ0v) is 23.7. The SMILES string of the molecule is CC.CCC(C)(C)N1CCC(OCCN2CCCCC2)C1.CNCC(F)(F)COC(=O)NC(C)C. The molecule has 1 atom stereocenters. The van der Waals surface area contributed by atoms with Crippen molar-refractivity contribution in [2.24, 2.45) is 0 Å². The lowest BCUT2D eigenvalue weighted by atomic mass is 10.0. The summed E-state index contributed by atoms with van der Waals surface area (Å²) in [6.07, 6.45) is 6.24. The van der Waals surface area contributed by atoms with Gasteiger partial charge in [-0.3, -0.25) is 4.90 Å². The second-order valence-corrected chi connectivity index (χ2v) is 10.1. The summed E-state index contributed by atoms with van der Waals surface area (Å²) < 4.78 is 35.9. The molecule has 2 aliphatic heterocycles. The number of carbonyl (C=O) groups is 1. The molecule has 0 saturated carbocycles. The number of ether oxygens (including phenoxy) is 2. The van der Waals surface area contributed by atoms with Gasteiger partial charge in [-0.05, 0) is 73.5 Å². The Kier molecular flexibility index (Phi) is 17.7. The van der Waals surface area contributed by atoms with E-state index in [-0.39, 0.29) is 6.04 Å². The largest absolute Gasteiger partial charge is 0.443 e. The molecule has 7 nitrogen and oxygen atoms in total. The Morgan fingerprint density at radius 2 is 1.74 bits per heavy atom. The summed E-state index contributed by atoms with van der Waals surface area (Å²) in [6, 6.07) is -0.125. The normalized spacial score (nSPS) is 19.5. The first-order chi connectivity index (χ1) is 16.5. The van der Waals surface area contributed by atoms with Gasteiger partial charge in [-0.2, -0.15) is 0 Å². The van der Waals surface area contributed by atoms with Crippen molar-refractivity contribution in [3.8, 4) is 0 Å². The Morgan fingerprint density at radius 3 is 2.29 bits per heavy atom. The quantitative estimate of drug-likeness (QED) is 0.420. The number of hydrogen-bond donors (Lipinski definition) is 2. The van der Waals surface area contributed by atoms with Crippen molar-refractivity contribution in [2.75, 3.05) is 59.5 Å². The van der Waals surface area contributed by atoms with Gasteiger partial charge in [0.1, 0.15) is 0 Å². The van der Waals surface area contributed by atoms with Crippen LogP contribution in [-0.4, -0.2) is 99.0 Å². The number of nitrogens with one attached hydrogen (secondary N) is 2. The van der Waals surface area contributed by atoms with Gasteiger partial charge in [0.25, 0.3) is 5.92 Å². The smallest absolute Gasteiger partial charge is 0.407 e. The van der Waals surface area contributed by atoms with E-state index in [1.165, 1.54) is 58.8 Å². The van der Waals surface area contributed by atoms with E-state index in [0.717, 1.165) is 19.7 Å². The van der Waals surface area contributed by atoms with Crippen molar-refractivity contribution in [1.29, 1.82) is 0 Å². The fourth-order valence-electron chi connectivity index (χ4n) is 3.93. The van der Waals surface area contributed by atoms with Crippen molar-refractivity contribution in [2.45, 2.75) is 104 Å². The second-order valence-electron chi connectivity index (χ2n) is 10.1. The van der Waals surface area contributed by atoms with E-state index in [9.17, 15) is 13.6 Å². The Labute approximate surface area is 213 Å². The topological polar surface area (TPSA) is 66.1 Å². The standard InChI is InChI=1S/C16H32N2O.C8H16F2N2O2.C2H6/c1-4-16(2,3)18-11-8-15(14-18)19-13-12-17-9-6-5-7-10-17;1-6(2)12-7(13)14-5-8(9,10)4-11-3;1-2/h15H,4-14H2,1-3H3;6,11H,4-5H2,1-3H3,(H,12,13);1-2H3. The van der Waals surface area contributed by atoms with Crippen LogP contribution in [0.5, 0.6) is 0 Å². The van der Waals surface area contributed by atoms with Crippen molar-refractivity contribution >= 4 is 6.09 Å². The molecule has 0 aromatic rings. The third kappa shape index (κ3) is 15.6. The van der Waals surface area contributed by atoms with Crippen LogP contribution in [0.1, 0.15) is 80.6 Å². The van der Waals surface area contributed by atoms with Crippen LogP contribution in [0.15, 0.2) is 0 Å². The first kappa shape index (κ1) is 34.0. The number of hydrogen-bond acceptors (Lipinski definition) is 6. The summed E-state index contributed by atoms with van der Waals surface area (Å²) in [5, 5.41) is 4.65. The molecule has 2 aliphatic rings. The number of alkyl halides is 2. The number of halogens is 2. The molecule has 0 aromatic heterocycles. The van der Waals surface area contributed by atoms with E-state index in [2.05, 4.69) is 45.9 Å². The zero-order chi connectivity index (χ0) is 26.9. The summed E-state index contributed by atoms with van der Waals surface area (Å²) in [6.45, 7) is 19.9. The Hall–Kier alpha value is -1.03. The maximum atomic E-state index is 12.8. The van der Waals surface area contributed by atoms with Gasteiger partial charge in [0.2, 0.25) is 0 Å². The van der Waals surface area contributed by atoms with Crippen LogP contribution in [0.25, 0.3) is 0 Å². The summed E-state index contributed by atoms with van der Waals surface area (Å²) in [5.41, 5.74) is 0.338. The summed E-state index contributed by atoms with van der Waals surface area (Å²) in [4.78, 5) is 16.0. The van der Waals surface area contributed by atoms with Crippen LogP contribution in [0.2, 0.25) is 0 Å². The molecule has 0 spiro atoms. The van der Waals surface area contributed by atoms with Crippen molar-refractivity contribution in [1.82, 2.24) is 20.4 Å². The maximum Gasteiger partial charge on any atom is 0.407 e. The van der Waals surface area contributed by atoms with E-state index < -0.39 is 25.2 Å². The molecule has 35 heavy (non-hydrogen) atoms. The average molecular weight is 509 g/mol. The fourth-order valence-corrected chi connectivity index (χ4v) is 3.93. The van der Waals surface area contributed by atoms with Gasteiger partial charge in [0, 0.05) is 31.2 Å². The minimum absolute atomic E-state index is 0.125. The van der Waals surface area contributed by atoms with Gasteiger partial charge in [-0.15, -0.1) is 0 Å². The highest BCUT2D eigenvalue weighted by Crippen LogP contribution is 2.25. The molecule has 0 aromatic carbocycles. The van der Waals surface area contributed by atoms with Gasteiger partial charge in [0.15, 0.2) is 6.61 Å². The molecular weight excluding hydrogens is 454 g/mol. The Bertz CT molecular complexity index is 545. The minimum Gasteiger partial charge on any atom is -0.443 e. The molecule has 2 rings (SSSR count). The summed E-state index contributed by atoms with van der Waals surface area (Å²) in [7, 11) is 1.40. The van der Waals surface area contributed by atoms with Crippen LogP contribution >= 0.6 is 0 Å². The second kappa shape index (κ2) is 18.3. The lowest BCUT2D eigenvalue weighted by Gasteiger charge is -2.34. The maximum absolute atomic E-state index is 12.8. The summed E-state index contributed by atoms with van der Waals surface area (Å²) >= 11 is 0. The highest BCUT2D eigenvalue weighted by molar-refractivity contribution is 5.67. The molecule has 1 amide bonds. The predicted octanol–water partition coefficient (Wildman–Crippen LogP) is 4.75. The first-order valence-corrected chi connectivity index (χ1v) is 13.5. The number of amides is 1. The lowest BCUT2D eigenvalue weighted by Crippen LogP contribution is -2.42. The first-order valence-electron chi connectivity index (χ1n) is 13.5. The average Bonchev–Trinajstić information content (AvgIpc) is 3.30. The van der Waals surface area contributed by atoms with E-state index in [4.69, 9.17) is 4.74 Å². The number of nitrogens with zero attached hydrogens (tertiary/aromatic N) is 2. The third-order valence-corrected chi connectivity index (χ3v) is 6.33. The highest BCUT2D eigenvalue weighted by Gasteiger charge is 2.32. The number of likely N-dealkylation sites (tertiary alicyclic amines) is 2. The van der Waals surface area contributed by atoms with Crippen LogP contribution in [-0.2, 0) is 9.47 Å². The van der Waals surface area contributed by atoms with Crippen molar-refractivity contribution in [3.05, 3.63) is 0 Å². The molecule has 2 fully saturated rings. The van der Waals surface area contributed by atoms with Crippen molar-refractivity contribution in [3.63, 3.8) is 0 Å². The van der Waals surface area contributed by atoms with Crippen LogP contribution in [0, 0.1) is 0 Å². The number of rotatable bonds is 11. The molecule has 9 heteroatoms. The molecule has 1 unspecified atom stereocenters. The molecule has 0 radical (unpaired) electrons. The van der Waals surface area contributed by atoms with Gasteiger partial charge >= 0.3 is 6.09 Å². The number of carbonyl (C=O) groups excluding carboxylic acids is 1. The van der Waals surface area contributed by atoms with E-state index in [0.29, 0.717) is 11.6 Å². The highest BCUT2D eigenvalue weighted by atomic mass is 19.3. The monoisotopic (exact) mass is 508 g/mol. The van der Waals surface area contributed by atoms with Gasteiger partial charge in [-0.25, -0.2) is 13.6 Å². The molecule has 2 N–H and O–H groups in total. The lowest BCUT2D eigenvalue weighted by molar-refractivity contribution is -0.0516. The third-order valence-electron chi connectivity index (χ3n) is 6.33. The molecule has 0 aliphatic carbocycles. The minimum atomic E-state index is -3.02. The Balaban J connectivity index is 0.000000646. The fraction of sp³-hybridized carbons (Fsp3) is 0.962. The predicted molar refractivity (Wildman–Crippen MR) is 140 cm³/mol. The summed E-state index contributed by atoms with van der Waals surface area (Å²) in [5.74, 6) is -3.02.